The zero-order chi connectivity index (χ0) is 15.5. The molecule has 0 aliphatic rings. The van der Waals surface area contributed by atoms with Crippen molar-refractivity contribution >= 4 is 7.32 Å². The van der Waals surface area contributed by atoms with Gasteiger partial charge in [-0.05, 0) is 37.5 Å². The first kappa shape index (κ1) is 14.0. The van der Waals surface area contributed by atoms with Gasteiger partial charge in [-0.2, -0.15) is 0 Å². The summed E-state index contributed by atoms with van der Waals surface area (Å²) >= 11 is 0. The van der Waals surface area contributed by atoms with Crippen LogP contribution in [0.1, 0.15) is 16.7 Å². The molecule has 0 N–H and O–H groups in total. The van der Waals surface area contributed by atoms with Gasteiger partial charge in [0, 0.05) is 0 Å². The monoisotopic (exact) mass is 302 g/mol. The van der Waals surface area contributed by atoms with E-state index in [-0.39, 0.29) is 0 Å². The maximum atomic E-state index is 5.50. The molecule has 9 nitrogen and oxygen atoms in total. The number of nitrogens with zero attached hydrogens (tertiary/aromatic N) is 6. The van der Waals surface area contributed by atoms with Gasteiger partial charge in [0.2, 0.25) is 0 Å². The van der Waals surface area contributed by atoms with Gasteiger partial charge in [0.05, 0.1) is 37.2 Å². The highest BCUT2D eigenvalue weighted by Gasteiger charge is 2.34. The molecule has 3 aromatic rings. The van der Waals surface area contributed by atoms with Crippen LogP contribution in [-0.2, 0) is 0 Å². The quantitative estimate of drug-likeness (QED) is 0.590. The maximum absolute atomic E-state index is 5.50. The van der Waals surface area contributed by atoms with E-state index in [0.717, 1.165) is 16.7 Å². The summed E-state index contributed by atoms with van der Waals surface area (Å²) in [4.78, 5) is 3.77. The predicted molar refractivity (Wildman–Crippen MR) is 76.4 cm³/mol. The van der Waals surface area contributed by atoms with E-state index in [0.29, 0.717) is 0 Å². The molecule has 0 radical (unpaired) electrons. The fraction of sp³-hybridized carbons (Fsp3) is 0.250. The Labute approximate surface area is 127 Å². The molecular weight excluding hydrogens is 287 g/mol. The van der Waals surface area contributed by atoms with Crippen molar-refractivity contribution in [3.05, 3.63) is 53.9 Å². The molecule has 0 aliphatic heterocycles. The second-order valence-corrected chi connectivity index (χ2v) is 4.87. The third kappa shape index (κ3) is 3.40. The van der Waals surface area contributed by atoms with Crippen molar-refractivity contribution in [2.75, 3.05) is 0 Å². The largest absolute Gasteiger partial charge is 0.929 e. The van der Waals surface area contributed by atoms with Crippen LogP contribution in [0.5, 0.6) is 0 Å². The molecule has 0 fully saturated rings. The highest BCUT2D eigenvalue weighted by molar-refractivity contribution is 6.37. The first-order chi connectivity index (χ1) is 10.6. The van der Waals surface area contributed by atoms with Crippen molar-refractivity contribution in [1.82, 2.24) is 29.8 Å². The van der Waals surface area contributed by atoms with Gasteiger partial charge >= 0.3 is 7.32 Å². The van der Waals surface area contributed by atoms with Crippen LogP contribution >= 0.6 is 0 Å². The first-order valence-electron chi connectivity index (χ1n) is 6.64. The molecule has 3 rings (SSSR count). The average Bonchev–Trinajstić information content (AvgIpc) is 3.14. The van der Waals surface area contributed by atoms with E-state index < -0.39 is 7.32 Å². The minimum atomic E-state index is -1.13. The first-order valence-corrected chi connectivity index (χ1v) is 6.64. The van der Waals surface area contributed by atoms with Crippen molar-refractivity contribution in [1.29, 1.82) is 0 Å². The molecule has 3 heterocycles. The van der Waals surface area contributed by atoms with Gasteiger partial charge in [-0.15, -0.1) is 29.8 Å². The molecule has 0 bridgehead atoms. The Morgan fingerprint density at radius 2 is 1.00 bits per heavy atom. The highest BCUT2D eigenvalue weighted by atomic mass is 16.9. The Morgan fingerprint density at radius 1 is 0.682 bits per heavy atom. The standard InChI is InChI=1S/C12H15BN6O3/c1-10-4-14-17(7-10)20-13(21-18-8-11(2)5-15-18)22-19-9-12(3)6-16-19/h4-9H,1-3H3. The second-order valence-electron chi connectivity index (χ2n) is 4.87. The lowest BCUT2D eigenvalue weighted by atomic mass is 10.3. The maximum Gasteiger partial charge on any atom is 0.929 e. The van der Waals surface area contributed by atoms with E-state index in [4.69, 9.17) is 14.3 Å². The smallest absolute Gasteiger partial charge is 0.380 e. The molecule has 0 saturated heterocycles. The fourth-order valence-corrected chi connectivity index (χ4v) is 1.66. The van der Waals surface area contributed by atoms with Crippen LogP contribution in [0.25, 0.3) is 0 Å². The second kappa shape index (κ2) is 5.84. The zero-order valence-corrected chi connectivity index (χ0v) is 12.4. The molecule has 0 atom stereocenters. The summed E-state index contributed by atoms with van der Waals surface area (Å²) in [5.74, 6) is 0. The number of hydrogen-bond acceptors (Lipinski definition) is 6. The fourth-order valence-electron chi connectivity index (χ4n) is 1.66. The summed E-state index contributed by atoms with van der Waals surface area (Å²) in [7, 11) is -1.13. The Balaban J connectivity index is 1.74. The lowest BCUT2D eigenvalue weighted by Gasteiger charge is -2.13. The van der Waals surface area contributed by atoms with Crippen molar-refractivity contribution < 1.29 is 14.3 Å². The normalized spacial score (nSPS) is 10.5. The van der Waals surface area contributed by atoms with Crippen molar-refractivity contribution in [3.8, 4) is 0 Å². The number of hydrogen-bond donors (Lipinski definition) is 0. The molecule has 0 spiro atoms. The SMILES string of the molecule is Cc1cnn(OB(On2cc(C)cn2)On2cc(C)cn2)c1. The molecule has 22 heavy (non-hydrogen) atoms. The Bertz CT molecular complexity index is 651. The van der Waals surface area contributed by atoms with E-state index in [9.17, 15) is 0 Å². The molecule has 0 saturated carbocycles. The van der Waals surface area contributed by atoms with Gasteiger partial charge in [-0.3, -0.25) is 0 Å². The minimum Gasteiger partial charge on any atom is -0.380 e. The van der Waals surface area contributed by atoms with Gasteiger partial charge in [0.15, 0.2) is 0 Å². The molecule has 3 aromatic heterocycles. The van der Waals surface area contributed by atoms with E-state index in [1.165, 1.54) is 14.5 Å². The third-order valence-corrected chi connectivity index (χ3v) is 2.65. The molecule has 0 aromatic carbocycles. The van der Waals surface area contributed by atoms with Crippen LogP contribution in [0, 0.1) is 20.8 Å². The van der Waals surface area contributed by atoms with E-state index in [1.807, 2.05) is 20.8 Å². The van der Waals surface area contributed by atoms with E-state index >= 15 is 0 Å². The minimum absolute atomic E-state index is 0.948. The Morgan fingerprint density at radius 3 is 1.23 bits per heavy atom. The van der Waals surface area contributed by atoms with Crippen molar-refractivity contribution in [2.24, 2.45) is 0 Å². The van der Waals surface area contributed by atoms with Crippen LogP contribution in [0.3, 0.4) is 0 Å². The van der Waals surface area contributed by atoms with Crippen molar-refractivity contribution in [2.45, 2.75) is 20.8 Å². The van der Waals surface area contributed by atoms with Crippen LogP contribution in [0.4, 0.5) is 0 Å². The summed E-state index contributed by atoms with van der Waals surface area (Å²) in [5, 5.41) is 12.1. The van der Waals surface area contributed by atoms with Gasteiger partial charge in [-0.1, -0.05) is 0 Å². The summed E-state index contributed by atoms with van der Waals surface area (Å²) < 4.78 is 16.5. The van der Waals surface area contributed by atoms with Crippen LogP contribution in [0.2, 0.25) is 0 Å². The molecule has 10 heteroatoms. The lowest BCUT2D eigenvalue weighted by Crippen LogP contribution is -2.49. The highest BCUT2D eigenvalue weighted by Crippen LogP contribution is 1.97. The van der Waals surface area contributed by atoms with Crippen LogP contribution in [0.15, 0.2) is 37.2 Å². The van der Waals surface area contributed by atoms with Crippen molar-refractivity contribution in [3.63, 3.8) is 0 Å². The molecule has 114 valence electrons. The number of aryl methyl sites for hydroxylation is 3. The summed E-state index contributed by atoms with van der Waals surface area (Å²) in [5.41, 5.74) is 2.84. The van der Waals surface area contributed by atoms with E-state index in [1.54, 1.807) is 37.2 Å². The van der Waals surface area contributed by atoms with Gasteiger partial charge < -0.3 is 14.3 Å². The molecule has 0 amide bonds. The average molecular weight is 302 g/mol. The van der Waals surface area contributed by atoms with Gasteiger partial charge in [0.25, 0.3) is 0 Å². The number of rotatable bonds is 6. The molecule has 0 unspecified atom stereocenters. The Hall–Kier alpha value is -2.91. The van der Waals surface area contributed by atoms with Gasteiger partial charge in [-0.25, -0.2) is 0 Å². The summed E-state index contributed by atoms with van der Waals surface area (Å²) in [6.45, 7) is 5.70. The summed E-state index contributed by atoms with van der Waals surface area (Å²) in [6.07, 6.45) is 10.1. The third-order valence-electron chi connectivity index (χ3n) is 2.65. The van der Waals surface area contributed by atoms with E-state index in [2.05, 4.69) is 15.3 Å². The Kier molecular flexibility index (Phi) is 3.73. The zero-order valence-electron chi connectivity index (χ0n) is 12.4. The molecule has 0 aliphatic carbocycles. The summed E-state index contributed by atoms with van der Waals surface area (Å²) in [6, 6.07) is 0. The number of aromatic nitrogens is 6. The lowest BCUT2D eigenvalue weighted by molar-refractivity contribution is 0.0400. The topological polar surface area (TPSA) is 81.1 Å². The molecular formula is C12H15BN6O3. The van der Waals surface area contributed by atoms with Crippen LogP contribution in [-0.4, -0.2) is 37.2 Å². The van der Waals surface area contributed by atoms with Crippen LogP contribution < -0.4 is 14.3 Å². The predicted octanol–water partition coefficient (Wildman–Crippen LogP) is -0.128. The van der Waals surface area contributed by atoms with Gasteiger partial charge in [0.1, 0.15) is 0 Å².